The summed E-state index contributed by atoms with van der Waals surface area (Å²) in [6, 6.07) is 16.3. The van der Waals surface area contributed by atoms with E-state index in [1.54, 1.807) is 36.4 Å². The molecule has 1 aliphatic rings. The van der Waals surface area contributed by atoms with Crippen LogP contribution in [0.25, 0.3) is 0 Å². The number of amides is 2. The molecule has 3 aromatic carbocycles. The minimum atomic E-state index is -4.22. The number of rotatable bonds is 11. The average Bonchev–Trinajstić information content (AvgIpc) is 3.48. The monoisotopic (exact) mass is 669 g/mol. The van der Waals surface area contributed by atoms with Gasteiger partial charge in [0.25, 0.3) is 10.0 Å². The van der Waals surface area contributed by atoms with Crippen molar-refractivity contribution in [1.29, 1.82) is 0 Å². The average molecular weight is 671 g/mol. The van der Waals surface area contributed by atoms with Crippen molar-refractivity contribution in [2.75, 3.05) is 10.8 Å². The van der Waals surface area contributed by atoms with Gasteiger partial charge in [0.1, 0.15) is 12.6 Å². The lowest BCUT2D eigenvalue weighted by Crippen LogP contribution is -2.53. The lowest BCUT2D eigenvalue weighted by molar-refractivity contribution is -0.140. The molecule has 0 aromatic heterocycles. The second kappa shape index (κ2) is 14.3. The van der Waals surface area contributed by atoms with Gasteiger partial charge in [-0.05, 0) is 67.3 Å². The summed E-state index contributed by atoms with van der Waals surface area (Å²) < 4.78 is 28.8. The third-order valence-electron chi connectivity index (χ3n) is 7.23. The molecule has 0 spiro atoms. The minimum absolute atomic E-state index is 0.00686. The Hall–Kier alpha value is -2.49. The summed E-state index contributed by atoms with van der Waals surface area (Å²) in [4.78, 5) is 29.1. The fourth-order valence-corrected chi connectivity index (χ4v) is 7.05. The van der Waals surface area contributed by atoms with E-state index in [0.717, 1.165) is 30.0 Å². The molecule has 1 saturated carbocycles. The third-order valence-corrected chi connectivity index (χ3v) is 10.5. The van der Waals surface area contributed by atoms with Gasteiger partial charge in [0.2, 0.25) is 11.8 Å². The summed E-state index contributed by atoms with van der Waals surface area (Å²) in [5.74, 6) is -0.870. The first-order chi connectivity index (χ1) is 20.0. The van der Waals surface area contributed by atoms with Gasteiger partial charge in [-0.3, -0.25) is 13.9 Å². The number of carbonyl (C=O) groups is 2. The van der Waals surface area contributed by atoms with Gasteiger partial charge in [0, 0.05) is 12.6 Å². The molecule has 0 aliphatic heterocycles. The van der Waals surface area contributed by atoms with Crippen LogP contribution in [-0.2, 0) is 26.2 Å². The van der Waals surface area contributed by atoms with E-state index in [0.29, 0.717) is 22.0 Å². The zero-order valence-electron chi connectivity index (χ0n) is 22.9. The van der Waals surface area contributed by atoms with Crippen molar-refractivity contribution in [3.05, 3.63) is 92.4 Å². The standard InChI is InChI=1S/C30H31Cl4N3O4S/c1-2-28(30(39)35-21-8-6-7-9-21)36(18-20-12-14-24(31)26(33)16-20)29(38)19-37(22-13-15-25(32)27(34)17-22)42(40,41)23-10-4-3-5-11-23/h3-5,10-17,21,28H,2,6-9,18-19H2,1H3,(H,35,39)/t28-/m1/s1. The molecule has 2 amide bonds. The molecule has 224 valence electrons. The van der Waals surface area contributed by atoms with Crippen molar-refractivity contribution < 1.29 is 18.0 Å². The first-order valence-corrected chi connectivity index (χ1v) is 16.5. The van der Waals surface area contributed by atoms with E-state index in [2.05, 4.69) is 5.32 Å². The Labute approximate surface area is 266 Å². The number of halogens is 4. The molecule has 7 nitrogen and oxygen atoms in total. The van der Waals surface area contributed by atoms with Crippen LogP contribution in [0, 0.1) is 0 Å². The quantitative estimate of drug-likeness (QED) is 0.231. The number of nitrogens with one attached hydrogen (secondary N) is 1. The van der Waals surface area contributed by atoms with Crippen molar-refractivity contribution in [2.24, 2.45) is 0 Å². The van der Waals surface area contributed by atoms with Gasteiger partial charge < -0.3 is 10.2 Å². The van der Waals surface area contributed by atoms with Crippen molar-refractivity contribution in [3.63, 3.8) is 0 Å². The zero-order valence-corrected chi connectivity index (χ0v) is 26.7. The highest BCUT2D eigenvalue weighted by Crippen LogP contribution is 2.31. The molecule has 1 fully saturated rings. The molecule has 0 heterocycles. The second-order valence-electron chi connectivity index (χ2n) is 10.1. The van der Waals surface area contributed by atoms with Gasteiger partial charge >= 0.3 is 0 Å². The highest BCUT2D eigenvalue weighted by Gasteiger charge is 2.34. The van der Waals surface area contributed by atoms with Crippen LogP contribution in [0.2, 0.25) is 20.1 Å². The summed E-state index contributed by atoms with van der Waals surface area (Å²) in [5.41, 5.74) is 0.788. The molecule has 4 rings (SSSR count). The predicted octanol–water partition coefficient (Wildman–Crippen LogP) is 7.36. The highest BCUT2D eigenvalue weighted by atomic mass is 35.5. The maximum atomic E-state index is 14.2. The first kappa shape index (κ1) is 32.4. The SMILES string of the molecule is CC[C@H](C(=O)NC1CCCC1)N(Cc1ccc(Cl)c(Cl)c1)C(=O)CN(c1ccc(Cl)c(Cl)c1)S(=O)(=O)c1ccccc1. The number of benzene rings is 3. The van der Waals surface area contributed by atoms with Crippen LogP contribution in [0.15, 0.2) is 71.6 Å². The summed E-state index contributed by atoms with van der Waals surface area (Å²) in [6.45, 7) is 1.22. The summed E-state index contributed by atoms with van der Waals surface area (Å²) in [6.07, 6.45) is 4.13. The molecule has 0 saturated heterocycles. The van der Waals surface area contributed by atoms with E-state index in [-0.39, 0.29) is 39.1 Å². The van der Waals surface area contributed by atoms with Gasteiger partial charge in [-0.25, -0.2) is 8.42 Å². The van der Waals surface area contributed by atoms with E-state index < -0.39 is 28.5 Å². The number of sulfonamides is 1. The van der Waals surface area contributed by atoms with Crippen LogP contribution in [0.1, 0.15) is 44.6 Å². The fourth-order valence-electron chi connectivity index (χ4n) is 5.01. The third kappa shape index (κ3) is 7.71. The molecular weight excluding hydrogens is 640 g/mol. The topological polar surface area (TPSA) is 86.8 Å². The van der Waals surface area contributed by atoms with Crippen LogP contribution in [-0.4, -0.2) is 43.8 Å². The van der Waals surface area contributed by atoms with E-state index in [9.17, 15) is 18.0 Å². The Morgan fingerprint density at radius 1 is 0.881 bits per heavy atom. The zero-order chi connectivity index (χ0) is 30.4. The molecule has 0 radical (unpaired) electrons. The van der Waals surface area contributed by atoms with Crippen LogP contribution in [0.4, 0.5) is 5.69 Å². The van der Waals surface area contributed by atoms with Crippen molar-refractivity contribution in [3.8, 4) is 0 Å². The molecule has 1 aliphatic carbocycles. The minimum Gasteiger partial charge on any atom is -0.352 e. The molecule has 3 aromatic rings. The van der Waals surface area contributed by atoms with Crippen LogP contribution < -0.4 is 9.62 Å². The lowest BCUT2D eigenvalue weighted by Gasteiger charge is -2.34. The largest absolute Gasteiger partial charge is 0.352 e. The number of hydrogen-bond acceptors (Lipinski definition) is 4. The Kier molecular flexibility index (Phi) is 11.1. The molecule has 12 heteroatoms. The van der Waals surface area contributed by atoms with Crippen molar-refractivity contribution in [2.45, 2.75) is 62.6 Å². The van der Waals surface area contributed by atoms with E-state index in [4.69, 9.17) is 46.4 Å². The summed E-state index contributed by atoms with van der Waals surface area (Å²) in [7, 11) is -4.22. The van der Waals surface area contributed by atoms with Gasteiger partial charge in [-0.15, -0.1) is 0 Å². The number of anilines is 1. The van der Waals surface area contributed by atoms with Crippen molar-refractivity contribution in [1.82, 2.24) is 10.2 Å². The van der Waals surface area contributed by atoms with E-state index >= 15 is 0 Å². The fraction of sp³-hybridized carbons (Fsp3) is 0.333. The van der Waals surface area contributed by atoms with Gasteiger partial charge in [-0.1, -0.05) is 90.4 Å². The number of hydrogen-bond donors (Lipinski definition) is 1. The maximum Gasteiger partial charge on any atom is 0.264 e. The second-order valence-corrected chi connectivity index (χ2v) is 13.6. The Morgan fingerprint density at radius 2 is 1.50 bits per heavy atom. The Balaban J connectivity index is 1.73. The molecule has 0 bridgehead atoms. The van der Waals surface area contributed by atoms with Gasteiger partial charge in [-0.2, -0.15) is 0 Å². The molecular formula is C30H31Cl4N3O4S. The normalized spacial score (nSPS) is 14.4. The lowest BCUT2D eigenvalue weighted by atomic mass is 10.1. The predicted molar refractivity (Wildman–Crippen MR) is 169 cm³/mol. The molecule has 42 heavy (non-hydrogen) atoms. The van der Waals surface area contributed by atoms with Gasteiger partial charge in [0.15, 0.2) is 0 Å². The molecule has 0 unspecified atom stereocenters. The number of carbonyl (C=O) groups excluding carboxylic acids is 2. The Morgan fingerprint density at radius 3 is 2.10 bits per heavy atom. The highest BCUT2D eigenvalue weighted by molar-refractivity contribution is 7.92. The van der Waals surface area contributed by atoms with Crippen LogP contribution in [0.5, 0.6) is 0 Å². The van der Waals surface area contributed by atoms with E-state index in [1.165, 1.54) is 35.2 Å². The van der Waals surface area contributed by atoms with Crippen LogP contribution >= 0.6 is 46.4 Å². The smallest absolute Gasteiger partial charge is 0.264 e. The summed E-state index contributed by atoms with van der Waals surface area (Å²) >= 11 is 24.7. The van der Waals surface area contributed by atoms with Crippen LogP contribution in [0.3, 0.4) is 0 Å². The molecule has 1 N–H and O–H groups in total. The number of nitrogens with zero attached hydrogens (tertiary/aromatic N) is 2. The first-order valence-electron chi connectivity index (χ1n) is 13.6. The maximum absolute atomic E-state index is 14.2. The van der Waals surface area contributed by atoms with Crippen molar-refractivity contribution >= 4 is 73.9 Å². The van der Waals surface area contributed by atoms with Gasteiger partial charge in [0.05, 0.1) is 30.7 Å². The molecule has 1 atom stereocenters. The Bertz CT molecular complexity index is 1530. The summed E-state index contributed by atoms with van der Waals surface area (Å²) in [5, 5.41) is 4.10. The van der Waals surface area contributed by atoms with E-state index in [1.807, 2.05) is 6.92 Å².